The van der Waals surface area contributed by atoms with Crippen LogP contribution < -0.4 is 11.2 Å². The van der Waals surface area contributed by atoms with Crippen molar-refractivity contribution in [3.63, 3.8) is 0 Å². The number of rotatable bonds is 17. The first-order valence-corrected chi connectivity index (χ1v) is 14.1. The highest BCUT2D eigenvalue weighted by molar-refractivity contribution is 7.54. The van der Waals surface area contributed by atoms with Crippen molar-refractivity contribution >= 4 is 7.60 Å². The first-order valence-electron chi connectivity index (χ1n) is 12.5. The number of nitrogens with one attached hydrogen (secondary N) is 1. The van der Waals surface area contributed by atoms with E-state index in [0.717, 1.165) is 11.0 Å². The van der Waals surface area contributed by atoms with Gasteiger partial charge in [-0.15, -0.1) is 0 Å². The zero-order chi connectivity index (χ0) is 28.3. The Labute approximate surface area is 220 Å². The Morgan fingerprint density at radius 1 is 1.24 bits per heavy atom. The third kappa shape index (κ3) is 7.75. The molecule has 38 heavy (non-hydrogen) atoms. The number of hydrogen-bond acceptors (Lipinski definition) is 11. The van der Waals surface area contributed by atoms with Gasteiger partial charge in [-0.05, 0) is 32.7 Å². The molecule has 0 radical (unpaired) electrons. The van der Waals surface area contributed by atoms with Gasteiger partial charge in [-0.1, -0.05) is 18.5 Å². The zero-order valence-electron chi connectivity index (χ0n) is 22.3. The normalized spacial score (nSPS) is 23.2. The molecule has 1 fully saturated rings. The van der Waals surface area contributed by atoms with Crippen LogP contribution >= 0.6 is 7.60 Å². The average Bonchev–Trinajstić information content (AvgIpc) is 3.19. The Morgan fingerprint density at radius 2 is 1.92 bits per heavy atom. The summed E-state index contributed by atoms with van der Waals surface area (Å²) >= 11 is 0. The lowest BCUT2D eigenvalue weighted by Gasteiger charge is -2.33. The Bertz CT molecular complexity index is 1080. The second kappa shape index (κ2) is 15.5. The molecule has 16 heteroatoms. The van der Waals surface area contributed by atoms with Gasteiger partial charge in [0.15, 0.2) is 12.0 Å². The molecule has 2 rings (SSSR count). The highest BCUT2D eigenvalue weighted by Gasteiger charge is 2.55. The number of hydrogen-bond donors (Lipinski definition) is 2. The maximum atomic E-state index is 13.8. The summed E-state index contributed by atoms with van der Waals surface area (Å²) in [6.07, 6.45) is -3.77. The van der Waals surface area contributed by atoms with Gasteiger partial charge in [0, 0.05) is 30.4 Å². The first-order chi connectivity index (χ1) is 18.2. The average molecular weight is 564 g/mol. The molecule has 1 aromatic rings. The number of unbranched alkanes of at least 4 members (excludes halogenated alkanes) is 1. The van der Waals surface area contributed by atoms with E-state index in [2.05, 4.69) is 15.0 Å². The van der Waals surface area contributed by atoms with Gasteiger partial charge >= 0.3 is 13.3 Å². The number of aliphatic hydroxyl groups excluding tert-OH is 1. The summed E-state index contributed by atoms with van der Waals surface area (Å²) in [6.45, 7) is 7.01. The second-order valence-electron chi connectivity index (χ2n) is 8.47. The molecule has 0 amide bonds. The molecule has 0 spiro atoms. The highest BCUT2D eigenvalue weighted by Crippen LogP contribution is 2.56. The van der Waals surface area contributed by atoms with Crippen molar-refractivity contribution in [1.82, 2.24) is 9.55 Å². The largest absolute Gasteiger partial charge is 0.387 e. The Hall–Kier alpha value is -2.06. The van der Waals surface area contributed by atoms with Gasteiger partial charge in [0.05, 0.1) is 26.4 Å². The maximum Gasteiger partial charge on any atom is 0.342 e. The van der Waals surface area contributed by atoms with Gasteiger partial charge in [0.1, 0.15) is 24.4 Å². The number of aromatic nitrogens is 2. The van der Waals surface area contributed by atoms with Crippen LogP contribution in [0.15, 0.2) is 20.9 Å². The predicted molar refractivity (Wildman–Crippen MR) is 136 cm³/mol. The molecule has 216 valence electrons. The lowest BCUT2D eigenvalue weighted by atomic mass is 10.0. The summed E-state index contributed by atoms with van der Waals surface area (Å²) in [7, 11) is -2.63. The van der Waals surface area contributed by atoms with E-state index in [-0.39, 0.29) is 38.6 Å². The van der Waals surface area contributed by atoms with Crippen molar-refractivity contribution < 1.29 is 37.7 Å². The van der Waals surface area contributed by atoms with E-state index in [1.807, 2.05) is 6.92 Å². The van der Waals surface area contributed by atoms with Crippen LogP contribution in [0.25, 0.3) is 10.4 Å². The van der Waals surface area contributed by atoms with Crippen molar-refractivity contribution in [3.8, 4) is 0 Å². The molecule has 0 unspecified atom stereocenters. The lowest BCUT2D eigenvalue weighted by molar-refractivity contribution is -0.113. The van der Waals surface area contributed by atoms with Crippen LogP contribution in [0.4, 0.5) is 0 Å². The molecular formula is C22H38N5O10P. The van der Waals surface area contributed by atoms with Crippen LogP contribution in [0.5, 0.6) is 0 Å². The minimum absolute atomic E-state index is 0.0120. The number of H-pyrrole nitrogens is 1. The fraction of sp³-hybridized carbons (Fsp3) is 0.818. The van der Waals surface area contributed by atoms with Crippen molar-refractivity contribution in [2.45, 2.75) is 77.0 Å². The lowest BCUT2D eigenvalue weighted by Crippen LogP contribution is -2.47. The van der Waals surface area contributed by atoms with Gasteiger partial charge in [-0.25, -0.2) is 4.79 Å². The molecule has 0 bridgehead atoms. The molecular weight excluding hydrogens is 525 g/mol. The molecule has 0 aliphatic carbocycles. The Balaban J connectivity index is 2.61. The van der Waals surface area contributed by atoms with Gasteiger partial charge in [0.2, 0.25) is 0 Å². The fourth-order valence-corrected chi connectivity index (χ4v) is 5.91. The van der Waals surface area contributed by atoms with Crippen molar-refractivity contribution in [2.75, 3.05) is 40.1 Å². The van der Waals surface area contributed by atoms with E-state index in [1.54, 1.807) is 13.8 Å². The molecule has 6 atom stereocenters. The molecule has 0 saturated carbocycles. The Morgan fingerprint density at radius 3 is 2.50 bits per heavy atom. The van der Waals surface area contributed by atoms with E-state index in [0.29, 0.717) is 6.42 Å². The fourth-order valence-electron chi connectivity index (χ4n) is 4.02. The van der Waals surface area contributed by atoms with E-state index in [4.69, 9.17) is 28.0 Å². The first kappa shape index (κ1) is 32.2. The number of aromatic amines is 1. The molecule has 0 aromatic carbocycles. The van der Waals surface area contributed by atoms with Gasteiger partial charge in [-0.3, -0.25) is 18.9 Å². The van der Waals surface area contributed by atoms with E-state index in [9.17, 15) is 24.8 Å². The number of methoxy groups -OCH3 is 1. The minimum Gasteiger partial charge on any atom is -0.387 e. The smallest absolute Gasteiger partial charge is 0.342 e. The summed E-state index contributed by atoms with van der Waals surface area (Å²) in [5, 5.41) is 15.1. The van der Waals surface area contributed by atoms with Crippen molar-refractivity contribution in [2.24, 2.45) is 5.11 Å². The molecule has 1 aliphatic rings. The molecule has 1 saturated heterocycles. The molecule has 1 aliphatic heterocycles. The predicted octanol–water partition coefficient (Wildman–Crippen LogP) is 2.22. The summed E-state index contributed by atoms with van der Waals surface area (Å²) < 4.78 is 48.7. The quantitative estimate of drug-likeness (QED) is 0.0932. The summed E-state index contributed by atoms with van der Waals surface area (Å²) in [6, 6.07) is 0. The zero-order valence-corrected chi connectivity index (χ0v) is 23.2. The molecule has 2 heterocycles. The highest BCUT2D eigenvalue weighted by atomic mass is 31.2. The van der Waals surface area contributed by atoms with E-state index >= 15 is 0 Å². The van der Waals surface area contributed by atoms with Crippen molar-refractivity contribution in [1.29, 1.82) is 0 Å². The van der Waals surface area contributed by atoms with Crippen LogP contribution in [0.1, 0.15) is 45.4 Å². The van der Waals surface area contributed by atoms with Crippen LogP contribution in [-0.2, 0) is 32.6 Å². The topological polar surface area (TPSA) is 196 Å². The number of azide groups is 1. The second-order valence-corrected chi connectivity index (χ2v) is 10.6. The number of nitrogens with zero attached hydrogens (tertiary/aromatic N) is 4. The Kier molecular flexibility index (Phi) is 13.1. The van der Waals surface area contributed by atoms with Crippen LogP contribution in [-0.4, -0.2) is 85.0 Å². The maximum absolute atomic E-state index is 13.8. The van der Waals surface area contributed by atoms with Crippen LogP contribution in [0.2, 0.25) is 0 Å². The molecule has 15 nitrogen and oxygen atoms in total. The van der Waals surface area contributed by atoms with Crippen molar-refractivity contribution in [3.05, 3.63) is 43.0 Å². The third-order valence-corrected chi connectivity index (χ3v) is 8.09. The van der Waals surface area contributed by atoms with Crippen LogP contribution in [0.3, 0.4) is 0 Å². The monoisotopic (exact) mass is 563 g/mol. The van der Waals surface area contributed by atoms with Crippen LogP contribution in [0, 0.1) is 6.92 Å². The third-order valence-electron chi connectivity index (χ3n) is 5.81. The molecule has 2 N–H and O–H groups in total. The van der Waals surface area contributed by atoms with E-state index < -0.39 is 55.3 Å². The minimum atomic E-state index is -4.10. The number of aliphatic hydroxyl groups is 1. The summed E-state index contributed by atoms with van der Waals surface area (Å²) in [5.74, 6) is -1.53. The summed E-state index contributed by atoms with van der Waals surface area (Å²) in [4.78, 5) is 29.7. The number of ether oxygens (including phenoxy) is 4. The number of aryl methyl sites for hydroxylation is 1. The van der Waals surface area contributed by atoms with Gasteiger partial charge in [0.25, 0.3) is 5.56 Å². The van der Waals surface area contributed by atoms with Gasteiger partial charge < -0.3 is 33.1 Å². The molecule has 1 aromatic heterocycles. The SMILES string of the molecule is CCCCO[C@@H]([C@H]1O[C@@H](n2cc(C)c(=O)[nH]c2=O)[C@H](OCCOC)[C@@H]1O)[C@H](N=[N+]=[N-])P(=O)(OCC)OCC. The van der Waals surface area contributed by atoms with Gasteiger partial charge in [-0.2, -0.15) is 0 Å². The standard InChI is InChI=1S/C22H38N5O10P/c1-6-9-10-33-18(20(25-26-23)38(31,35-7-2)36-8-3)16-15(28)17(34-12-11-32-5)21(37-16)27-13-14(4)19(29)24-22(27)30/h13,15-18,20-21,28H,6-12H2,1-5H3,(H,24,29,30)/t15-,16+,17-,18+,20-,21-/m1/s1. The van der Waals surface area contributed by atoms with E-state index in [1.165, 1.54) is 20.2 Å². The summed E-state index contributed by atoms with van der Waals surface area (Å²) in [5.41, 5.74) is 8.20.